The number of nitrogens with zero attached hydrogens (tertiary/aromatic N) is 2. The lowest BCUT2D eigenvalue weighted by Gasteiger charge is -2.13. The molecule has 0 amide bonds. The lowest BCUT2D eigenvalue weighted by molar-refractivity contribution is 0.362. The van der Waals surface area contributed by atoms with Crippen LogP contribution >= 0.6 is 11.6 Å². The zero-order valence-electron chi connectivity index (χ0n) is 10.6. The number of hydrogen-bond acceptors (Lipinski definition) is 2. The Morgan fingerprint density at radius 3 is 3.00 bits per heavy atom. The second-order valence-electron chi connectivity index (χ2n) is 4.08. The SMILES string of the molecule is C=CCOc1ccc(Cl)cc1C(=C)Cn1ccnc1. The molecule has 1 heterocycles. The average Bonchev–Trinajstić information content (AvgIpc) is 2.90. The number of allylic oxidation sites excluding steroid dienone is 1. The molecule has 3 nitrogen and oxygen atoms in total. The molecule has 0 fully saturated rings. The second kappa shape index (κ2) is 6.25. The van der Waals surface area contributed by atoms with E-state index in [0.29, 0.717) is 18.2 Å². The van der Waals surface area contributed by atoms with E-state index in [2.05, 4.69) is 18.1 Å². The van der Waals surface area contributed by atoms with Crippen LogP contribution in [0, 0.1) is 0 Å². The van der Waals surface area contributed by atoms with Crippen LogP contribution in [0.5, 0.6) is 5.75 Å². The first-order valence-electron chi connectivity index (χ1n) is 5.88. The molecule has 1 aromatic heterocycles. The fourth-order valence-corrected chi connectivity index (χ4v) is 1.91. The summed E-state index contributed by atoms with van der Waals surface area (Å²) < 4.78 is 7.56. The van der Waals surface area contributed by atoms with Crippen molar-refractivity contribution in [3.05, 3.63) is 66.7 Å². The van der Waals surface area contributed by atoms with E-state index in [4.69, 9.17) is 16.3 Å². The molecule has 2 rings (SSSR count). The lowest BCUT2D eigenvalue weighted by Crippen LogP contribution is -2.01. The van der Waals surface area contributed by atoms with Gasteiger partial charge in [-0.05, 0) is 23.8 Å². The van der Waals surface area contributed by atoms with Crippen LogP contribution in [0.2, 0.25) is 5.02 Å². The van der Waals surface area contributed by atoms with E-state index >= 15 is 0 Å². The monoisotopic (exact) mass is 274 g/mol. The van der Waals surface area contributed by atoms with Gasteiger partial charge in [-0.3, -0.25) is 0 Å². The van der Waals surface area contributed by atoms with Crippen molar-refractivity contribution in [2.45, 2.75) is 6.54 Å². The Labute approximate surface area is 117 Å². The van der Waals surface area contributed by atoms with Gasteiger partial charge < -0.3 is 9.30 Å². The Hall–Kier alpha value is -2.00. The quantitative estimate of drug-likeness (QED) is 0.749. The first kappa shape index (κ1) is 13.4. The summed E-state index contributed by atoms with van der Waals surface area (Å²) in [5.41, 5.74) is 1.82. The zero-order chi connectivity index (χ0) is 13.7. The maximum atomic E-state index is 6.04. The molecule has 1 aromatic carbocycles. The molecular formula is C15H15ClN2O. The van der Waals surface area contributed by atoms with E-state index < -0.39 is 0 Å². The Morgan fingerprint density at radius 1 is 1.47 bits per heavy atom. The van der Waals surface area contributed by atoms with E-state index in [9.17, 15) is 0 Å². The second-order valence-corrected chi connectivity index (χ2v) is 4.52. The topological polar surface area (TPSA) is 27.1 Å². The van der Waals surface area contributed by atoms with E-state index in [0.717, 1.165) is 16.9 Å². The highest BCUT2D eigenvalue weighted by atomic mass is 35.5. The van der Waals surface area contributed by atoms with Crippen LogP contribution in [0.4, 0.5) is 0 Å². The molecule has 0 spiro atoms. The fraction of sp³-hybridized carbons (Fsp3) is 0.133. The van der Waals surface area contributed by atoms with Gasteiger partial charge in [0.1, 0.15) is 12.4 Å². The molecule has 0 N–H and O–H groups in total. The third-order valence-electron chi connectivity index (χ3n) is 2.61. The highest BCUT2D eigenvalue weighted by Gasteiger charge is 2.08. The highest BCUT2D eigenvalue weighted by Crippen LogP contribution is 2.29. The molecule has 0 bridgehead atoms. The van der Waals surface area contributed by atoms with E-state index in [1.54, 1.807) is 24.7 Å². The molecule has 0 unspecified atom stereocenters. The van der Waals surface area contributed by atoms with Gasteiger partial charge in [0.05, 0.1) is 6.33 Å². The summed E-state index contributed by atoms with van der Waals surface area (Å²) in [5, 5.41) is 0.660. The van der Waals surface area contributed by atoms with Gasteiger partial charge in [-0.2, -0.15) is 0 Å². The van der Waals surface area contributed by atoms with Crippen LogP contribution in [-0.2, 0) is 6.54 Å². The summed E-state index contributed by atoms with van der Waals surface area (Å²) in [6.07, 6.45) is 7.08. The van der Waals surface area contributed by atoms with Crippen molar-refractivity contribution in [2.24, 2.45) is 0 Å². The van der Waals surface area contributed by atoms with Gasteiger partial charge in [0.2, 0.25) is 0 Å². The number of imidazole rings is 1. The summed E-state index contributed by atoms with van der Waals surface area (Å²) in [5.74, 6) is 0.759. The maximum absolute atomic E-state index is 6.04. The standard InChI is InChI=1S/C15H15ClN2O/c1-3-8-19-15-5-4-13(16)9-14(15)12(2)10-18-7-6-17-11-18/h3-7,9,11H,1-2,8,10H2. The van der Waals surface area contributed by atoms with Crippen molar-refractivity contribution in [1.82, 2.24) is 9.55 Å². The normalized spacial score (nSPS) is 10.2. The Bertz CT molecular complexity index is 576. The zero-order valence-corrected chi connectivity index (χ0v) is 11.3. The van der Waals surface area contributed by atoms with Crippen LogP contribution in [0.25, 0.3) is 5.57 Å². The molecule has 0 radical (unpaired) electrons. The fourth-order valence-electron chi connectivity index (χ4n) is 1.74. The molecular weight excluding hydrogens is 260 g/mol. The molecule has 19 heavy (non-hydrogen) atoms. The number of halogens is 1. The molecule has 0 aliphatic carbocycles. The summed E-state index contributed by atoms with van der Waals surface area (Å²) in [6.45, 7) is 8.83. The molecule has 2 aromatic rings. The van der Waals surface area contributed by atoms with Gasteiger partial charge in [0.15, 0.2) is 0 Å². The Kier molecular flexibility index (Phi) is 4.42. The number of aromatic nitrogens is 2. The Balaban J connectivity index is 2.23. The number of benzene rings is 1. The van der Waals surface area contributed by atoms with E-state index in [-0.39, 0.29) is 0 Å². The van der Waals surface area contributed by atoms with Crippen LogP contribution in [-0.4, -0.2) is 16.2 Å². The first-order valence-corrected chi connectivity index (χ1v) is 6.25. The van der Waals surface area contributed by atoms with E-state index in [1.165, 1.54) is 0 Å². The highest BCUT2D eigenvalue weighted by molar-refractivity contribution is 6.30. The van der Waals surface area contributed by atoms with Crippen LogP contribution < -0.4 is 4.74 Å². The van der Waals surface area contributed by atoms with Crippen molar-refractivity contribution in [3.63, 3.8) is 0 Å². The number of rotatable bonds is 6. The predicted octanol–water partition coefficient (Wildman–Crippen LogP) is 3.81. The third-order valence-corrected chi connectivity index (χ3v) is 2.85. The van der Waals surface area contributed by atoms with Crippen molar-refractivity contribution in [2.75, 3.05) is 6.61 Å². The molecule has 0 aliphatic heterocycles. The average molecular weight is 275 g/mol. The van der Waals surface area contributed by atoms with Gasteiger partial charge >= 0.3 is 0 Å². The summed E-state index contributed by atoms with van der Waals surface area (Å²) in [4.78, 5) is 4.01. The van der Waals surface area contributed by atoms with E-state index in [1.807, 2.05) is 22.9 Å². The minimum absolute atomic E-state index is 0.451. The molecule has 0 aliphatic rings. The van der Waals surface area contributed by atoms with Crippen molar-refractivity contribution in [3.8, 4) is 5.75 Å². The van der Waals surface area contributed by atoms with Crippen molar-refractivity contribution in [1.29, 1.82) is 0 Å². The molecule has 0 saturated heterocycles. The van der Waals surface area contributed by atoms with Crippen molar-refractivity contribution < 1.29 is 4.74 Å². The molecule has 0 atom stereocenters. The van der Waals surface area contributed by atoms with Gasteiger partial charge in [0, 0.05) is 29.5 Å². The Morgan fingerprint density at radius 2 is 2.32 bits per heavy atom. The van der Waals surface area contributed by atoms with Gasteiger partial charge in [-0.1, -0.05) is 30.8 Å². The third kappa shape index (κ3) is 3.48. The van der Waals surface area contributed by atoms with Gasteiger partial charge in [-0.15, -0.1) is 0 Å². The van der Waals surface area contributed by atoms with Gasteiger partial charge in [-0.25, -0.2) is 4.98 Å². The summed E-state index contributed by atoms with van der Waals surface area (Å²) in [7, 11) is 0. The molecule has 4 heteroatoms. The largest absolute Gasteiger partial charge is 0.489 e. The predicted molar refractivity (Wildman–Crippen MR) is 78.4 cm³/mol. The molecule has 98 valence electrons. The summed E-state index contributed by atoms with van der Waals surface area (Å²) in [6, 6.07) is 5.51. The van der Waals surface area contributed by atoms with Crippen molar-refractivity contribution >= 4 is 17.2 Å². The maximum Gasteiger partial charge on any atom is 0.127 e. The van der Waals surface area contributed by atoms with Crippen LogP contribution in [0.15, 0.2) is 56.2 Å². The van der Waals surface area contributed by atoms with Gasteiger partial charge in [0.25, 0.3) is 0 Å². The number of hydrogen-bond donors (Lipinski definition) is 0. The molecule has 0 saturated carbocycles. The lowest BCUT2D eigenvalue weighted by atomic mass is 10.1. The minimum Gasteiger partial charge on any atom is -0.489 e. The van der Waals surface area contributed by atoms with Crippen LogP contribution in [0.3, 0.4) is 0 Å². The minimum atomic E-state index is 0.451. The smallest absolute Gasteiger partial charge is 0.127 e. The van der Waals surface area contributed by atoms with Crippen LogP contribution in [0.1, 0.15) is 5.56 Å². The number of ether oxygens (including phenoxy) is 1. The first-order chi connectivity index (χ1) is 9.20. The summed E-state index contributed by atoms with van der Waals surface area (Å²) >= 11 is 6.04.